The van der Waals surface area contributed by atoms with E-state index >= 15 is 0 Å². The van der Waals surface area contributed by atoms with E-state index in [2.05, 4.69) is 6.58 Å². The minimum Gasteiger partial charge on any atom is -0.435 e. The van der Waals surface area contributed by atoms with Crippen LogP contribution in [0.5, 0.6) is 0 Å². The molecule has 2 fully saturated rings. The van der Waals surface area contributed by atoms with Crippen molar-refractivity contribution in [2.45, 2.75) is 31.5 Å². The van der Waals surface area contributed by atoms with Crippen LogP contribution in [0.25, 0.3) is 0 Å². The summed E-state index contributed by atoms with van der Waals surface area (Å²) in [4.78, 5) is 11.2. The fourth-order valence-electron chi connectivity index (χ4n) is 1.80. The number of ether oxygens (including phenoxy) is 2. The van der Waals surface area contributed by atoms with Gasteiger partial charge in [0.05, 0.1) is 24.4 Å². The zero-order valence-electron chi connectivity index (χ0n) is 6.86. The summed E-state index contributed by atoms with van der Waals surface area (Å²) >= 11 is 0. The molecule has 0 spiro atoms. The number of carbonyl (C=O) groups is 1. The molecule has 0 aromatic rings. The molecule has 0 amide bonds. The molecule has 1 saturated heterocycles. The molecular formula is C9H12O3. The summed E-state index contributed by atoms with van der Waals surface area (Å²) < 4.78 is 10.0. The molecule has 1 aliphatic carbocycles. The average Bonchev–Trinajstić information content (AvgIpc) is 2.81. The zero-order valence-corrected chi connectivity index (χ0v) is 6.86. The van der Waals surface area contributed by atoms with Crippen LogP contribution in [0.3, 0.4) is 0 Å². The highest BCUT2D eigenvalue weighted by atomic mass is 16.6. The van der Waals surface area contributed by atoms with Gasteiger partial charge in [-0.25, -0.2) is 0 Å². The van der Waals surface area contributed by atoms with Crippen molar-refractivity contribution >= 4 is 5.97 Å². The third-order valence-electron chi connectivity index (χ3n) is 2.54. The number of hydrogen-bond donors (Lipinski definition) is 0. The number of fused-ring (bicyclic) bond motifs is 1. The van der Waals surface area contributed by atoms with Crippen LogP contribution < -0.4 is 0 Å². The minimum absolute atomic E-state index is 0.0340. The minimum atomic E-state index is -0.154. The topological polar surface area (TPSA) is 38.8 Å². The molecule has 1 saturated carbocycles. The predicted molar refractivity (Wildman–Crippen MR) is 42.3 cm³/mol. The van der Waals surface area contributed by atoms with E-state index < -0.39 is 0 Å². The fourth-order valence-corrected chi connectivity index (χ4v) is 1.80. The molecule has 0 radical (unpaired) electrons. The highest BCUT2D eigenvalue weighted by Gasteiger charge is 2.46. The van der Waals surface area contributed by atoms with Crippen LogP contribution in [0, 0.1) is 5.92 Å². The van der Waals surface area contributed by atoms with Crippen LogP contribution in [0.15, 0.2) is 12.8 Å². The molecule has 3 unspecified atom stereocenters. The van der Waals surface area contributed by atoms with Gasteiger partial charge in [-0.15, -0.1) is 0 Å². The Morgan fingerprint density at radius 2 is 2.33 bits per heavy atom. The Labute approximate surface area is 71.3 Å². The fraction of sp³-hybridized carbons (Fsp3) is 0.667. The maximum absolute atomic E-state index is 11.2. The first-order valence-corrected chi connectivity index (χ1v) is 4.28. The van der Waals surface area contributed by atoms with E-state index in [0.717, 1.165) is 19.3 Å². The predicted octanol–water partition coefficient (Wildman–Crippen LogP) is 1.24. The quantitative estimate of drug-likeness (QED) is 0.354. The lowest BCUT2D eigenvalue weighted by Crippen LogP contribution is -2.22. The van der Waals surface area contributed by atoms with E-state index in [-0.39, 0.29) is 11.9 Å². The second-order valence-electron chi connectivity index (χ2n) is 3.33. The lowest BCUT2D eigenvalue weighted by molar-refractivity contribution is -0.143. The van der Waals surface area contributed by atoms with Gasteiger partial charge in [-0.2, -0.15) is 0 Å². The van der Waals surface area contributed by atoms with Crippen LogP contribution in [-0.2, 0) is 14.3 Å². The van der Waals surface area contributed by atoms with E-state index in [1.807, 2.05) is 0 Å². The van der Waals surface area contributed by atoms with Gasteiger partial charge in [0.1, 0.15) is 0 Å². The molecule has 0 N–H and O–H groups in total. The van der Waals surface area contributed by atoms with E-state index in [0.29, 0.717) is 12.2 Å². The van der Waals surface area contributed by atoms with Crippen LogP contribution >= 0.6 is 0 Å². The molecule has 0 aromatic carbocycles. The van der Waals surface area contributed by atoms with Crippen molar-refractivity contribution in [2.24, 2.45) is 5.92 Å². The van der Waals surface area contributed by atoms with Crippen molar-refractivity contribution in [3.8, 4) is 0 Å². The van der Waals surface area contributed by atoms with Gasteiger partial charge in [0.25, 0.3) is 0 Å². The maximum Gasteiger partial charge on any atom is 0.313 e. The Morgan fingerprint density at radius 3 is 3.00 bits per heavy atom. The van der Waals surface area contributed by atoms with Crippen molar-refractivity contribution in [1.82, 2.24) is 0 Å². The summed E-state index contributed by atoms with van der Waals surface area (Å²) in [5.41, 5.74) is 0. The Balaban J connectivity index is 1.86. The third-order valence-corrected chi connectivity index (χ3v) is 2.54. The molecule has 3 atom stereocenters. The normalized spacial score (nSPS) is 38.2. The monoisotopic (exact) mass is 168 g/mol. The highest BCUT2D eigenvalue weighted by Crippen LogP contribution is 2.39. The first-order valence-electron chi connectivity index (χ1n) is 4.28. The SMILES string of the molecule is C=COC(=O)C1CCC2OC2C1. The summed E-state index contributed by atoms with van der Waals surface area (Å²) in [6.07, 6.45) is 4.70. The molecule has 3 nitrogen and oxygen atoms in total. The summed E-state index contributed by atoms with van der Waals surface area (Å²) in [5.74, 6) is -0.120. The lowest BCUT2D eigenvalue weighted by Gasteiger charge is -2.15. The van der Waals surface area contributed by atoms with E-state index in [9.17, 15) is 4.79 Å². The maximum atomic E-state index is 11.2. The largest absolute Gasteiger partial charge is 0.435 e. The van der Waals surface area contributed by atoms with Gasteiger partial charge in [0.2, 0.25) is 0 Å². The summed E-state index contributed by atoms with van der Waals surface area (Å²) in [7, 11) is 0. The van der Waals surface area contributed by atoms with Gasteiger partial charge in [0.15, 0.2) is 0 Å². The number of carbonyl (C=O) groups excluding carboxylic acids is 1. The zero-order chi connectivity index (χ0) is 8.55. The van der Waals surface area contributed by atoms with Crippen LogP contribution in [0.4, 0.5) is 0 Å². The Bertz CT molecular complexity index is 212. The molecule has 3 heteroatoms. The number of rotatable bonds is 2. The van der Waals surface area contributed by atoms with Crippen molar-refractivity contribution in [1.29, 1.82) is 0 Å². The Morgan fingerprint density at radius 1 is 1.50 bits per heavy atom. The number of esters is 1. The summed E-state index contributed by atoms with van der Waals surface area (Å²) in [6, 6.07) is 0. The summed E-state index contributed by atoms with van der Waals surface area (Å²) in [6.45, 7) is 3.35. The molecule has 2 rings (SSSR count). The average molecular weight is 168 g/mol. The van der Waals surface area contributed by atoms with Crippen LogP contribution in [0.1, 0.15) is 19.3 Å². The number of hydrogen-bond acceptors (Lipinski definition) is 3. The van der Waals surface area contributed by atoms with Gasteiger partial charge < -0.3 is 9.47 Å². The van der Waals surface area contributed by atoms with Crippen molar-refractivity contribution in [2.75, 3.05) is 0 Å². The molecule has 0 aromatic heterocycles. The van der Waals surface area contributed by atoms with Gasteiger partial charge in [-0.3, -0.25) is 4.79 Å². The number of epoxide rings is 1. The Hall–Kier alpha value is -0.830. The second kappa shape index (κ2) is 2.90. The van der Waals surface area contributed by atoms with E-state index in [1.54, 1.807) is 0 Å². The van der Waals surface area contributed by atoms with Gasteiger partial charge in [-0.1, -0.05) is 6.58 Å². The molecule has 0 bridgehead atoms. The van der Waals surface area contributed by atoms with Crippen molar-refractivity contribution in [3.05, 3.63) is 12.8 Å². The molecule has 12 heavy (non-hydrogen) atoms. The molecule has 66 valence electrons. The standard InChI is InChI=1S/C9H12O3/c1-2-11-9(10)6-3-4-7-8(5-6)12-7/h2,6-8H,1,3-5H2. The Kier molecular flexibility index (Phi) is 1.89. The van der Waals surface area contributed by atoms with E-state index in [1.165, 1.54) is 6.26 Å². The van der Waals surface area contributed by atoms with Crippen molar-refractivity contribution in [3.63, 3.8) is 0 Å². The molecular weight excluding hydrogens is 156 g/mol. The van der Waals surface area contributed by atoms with Gasteiger partial charge in [-0.05, 0) is 19.3 Å². The summed E-state index contributed by atoms with van der Waals surface area (Å²) in [5, 5.41) is 0. The lowest BCUT2D eigenvalue weighted by atomic mass is 9.89. The van der Waals surface area contributed by atoms with Gasteiger partial charge in [0, 0.05) is 0 Å². The molecule has 2 aliphatic rings. The highest BCUT2D eigenvalue weighted by molar-refractivity contribution is 5.73. The van der Waals surface area contributed by atoms with Crippen LogP contribution in [0.2, 0.25) is 0 Å². The van der Waals surface area contributed by atoms with E-state index in [4.69, 9.17) is 9.47 Å². The molecule has 1 aliphatic heterocycles. The smallest absolute Gasteiger partial charge is 0.313 e. The third kappa shape index (κ3) is 1.37. The molecule has 1 heterocycles. The van der Waals surface area contributed by atoms with Gasteiger partial charge >= 0.3 is 5.97 Å². The van der Waals surface area contributed by atoms with Crippen LogP contribution in [-0.4, -0.2) is 18.2 Å². The second-order valence-corrected chi connectivity index (χ2v) is 3.33. The first kappa shape index (κ1) is 7.80. The van der Waals surface area contributed by atoms with Crippen molar-refractivity contribution < 1.29 is 14.3 Å². The first-order chi connectivity index (χ1) is 5.81.